The fraction of sp³-hybridized carbons (Fsp3) is 0.277. The van der Waals surface area contributed by atoms with E-state index in [0.717, 1.165) is 41.8 Å². The molecule has 6 aromatic rings. The van der Waals surface area contributed by atoms with Crippen molar-refractivity contribution in [2.24, 2.45) is 11.3 Å². The van der Waals surface area contributed by atoms with Crippen LogP contribution in [0.1, 0.15) is 56.9 Å². The van der Waals surface area contributed by atoms with Gasteiger partial charge in [0.25, 0.3) is 0 Å². The van der Waals surface area contributed by atoms with Crippen LogP contribution in [0.15, 0.2) is 128 Å². The third-order valence-electron chi connectivity index (χ3n) is 8.60. The molecule has 0 bridgehead atoms. The van der Waals surface area contributed by atoms with Gasteiger partial charge in [0, 0.05) is 32.5 Å². The molecule has 0 unspecified atom stereocenters. The molecule has 6 rings (SSSR count). The van der Waals surface area contributed by atoms with E-state index < -0.39 is 8.07 Å². The van der Waals surface area contributed by atoms with Gasteiger partial charge in [0.1, 0.15) is 0 Å². The van der Waals surface area contributed by atoms with Crippen molar-refractivity contribution in [1.29, 1.82) is 0 Å². The Balaban J connectivity index is 0.000000243. The quantitative estimate of drug-likeness (QED) is 0.107. The summed E-state index contributed by atoms with van der Waals surface area (Å²) in [4.78, 5) is 9.35. The van der Waals surface area contributed by atoms with E-state index in [0.29, 0.717) is 5.92 Å². The van der Waals surface area contributed by atoms with Crippen LogP contribution in [-0.2, 0) is 39.4 Å². The summed E-state index contributed by atoms with van der Waals surface area (Å²) in [7, 11) is -1.34. The van der Waals surface area contributed by atoms with Crippen LogP contribution in [0.3, 0.4) is 0 Å². The normalized spacial score (nSPS) is 11.4. The summed E-state index contributed by atoms with van der Waals surface area (Å²) in [5.74, 6) is 0.667. The predicted octanol–water partition coefficient (Wildman–Crippen LogP) is 11.7. The van der Waals surface area contributed by atoms with Crippen LogP contribution in [0.2, 0.25) is 19.6 Å². The molecule has 2 nitrogen and oxygen atoms in total. The van der Waals surface area contributed by atoms with E-state index in [9.17, 15) is 0 Å². The molecule has 0 aliphatic carbocycles. The van der Waals surface area contributed by atoms with Crippen LogP contribution >= 0.6 is 0 Å². The van der Waals surface area contributed by atoms with Crippen molar-refractivity contribution in [2.45, 2.75) is 73.5 Å². The Morgan fingerprint density at radius 1 is 0.686 bits per heavy atom. The zero-order valence-electron chi connectivity index (χ0n) is 31.6. The maximum Gasteiger partial charge on any atom is 0.0798 e. The van der Waals surface area contributed by atoms with Gasteiger partial charge in [-0.2, -0.15) is 0 Å². The maximum atomic E-state index is 4.69. The Morgan fingerprint density at radius 2 is 1.35 bits per heavy atom. The van der Waals surface area contributed by atoms with Gasteiger partial charge in [0.2, 0.25) is 0 Å². The van der Waals surface area contributed by atoms with Crippen LogP contribution in [0.25, 0.3) is 33.6 Å². The Hall–Kier alpha value is -3.95. The number of hydrogen-bond donors (Lipinski definition) is 0. The van der Waals surface area contributed by atoms with Crippen molar-refractivity contribution in [1.82, 2.24) is 9.97 Å². The van der Waals surface area contributed by atoms with Crippen molar-refractivity contribution in [3.63, 3.8) is 0 Å². The van der Waals surface area contributed by atoms with Gasteiger partial charge < -0.3 is 9.97 Å². The Morgan fingerprint density at radius 3 is 1.98 bits per heavy atom. The molecular weight excluding hydrogens is 813 g/mol. The summed E-state index contributed by atoms with van der Waals surface area (Å²) >= 11 is 0. The second-order valence-corrected chi connectivity index (χ2v) is 21.0. The number of aromatic nitrogens is 2. The topological polar surface area (TPSA) is 25.8 Å². The van der Waals surface area contributed by atoms with Gasteiger partial charge in [0.05, 0.1) is 8.07 Å². The summed E-state index contributed by atoms with van der Waals surface area (Å²) < 4.78 is 0. The first-order valence-corrected chi connectivity index (χ1v) is 21.4. The van der Waals surface area contributed by atoms with Gasteiger partial charge >= 0.3 is 0 Å². The first-order chi connectivity index (χ1) is 23.9. The third kappa shape index (κ3) is 11.8. The molecule has 0 aliphatic rings. The molecule has 0 atom stereocenters. The first-order valence-electron chi connectivity index (χ1n) is 17.9. The van der Waals surface area contributed by atoms with Crippen LogP contribution in [0.4, 0.5) is 0 Å². The van der Waals surface area contributed by atoms with Gasteiger partial charge in [-0.05, 0) is 58.8 Å². The van der Waals surface area contributed by atoms with Crippen LogP contribution in [0, 0.1) is 23.5 Å². The van der Waals surface area contributed by atoms with Crippen LogP contribution < -0.4 is 5.19 Å². The molecule has 4 aromatic carbocycles. The fourth-order valence-electron chi connectivity index (χ4n) is 6.36. The van der Waals surface area contributed by atoms with E-state index in [2.05, 4.69) is 180 Å². The van der Waals surface area contributed by atoms with Gasteiger partial charge in [0.15, 0.2) is 0 Å². The molecular formula is C47H52IrN2Si-2. The zero-order chi connectivity index (χ0) is 35.7. The van der Waals surface area contributed by atoms with E-state index in [4.69, 9.17) is 0 Å². The van der Waals surface area contributed by atoms with E-state index in [1.807, 2.05) is 24.4 Å². The second kappa shape index (κ2) is 18.0. The largest absolute Gasteiger partial charge is 0.305 e. The molecule has 51 heavy (non-hydrogen) atoms. The molecule has 1 radical (unpaired) electrons. The fourth-order valence-corrected chi connectivity index (χ4v) is 7.95. The summed E-state index contributed by atoms with van der Waals surface area (Å²) in [5, 5.41) is 1.49. The summed E-state index contributed by atoms with van der Waals surface area (Å²) in [6.45, 7) is 18.5. The number of rotatable bonds is 9. The number of benzene rings is 4. The van der Waals surface area contributed by atoms with Crippen molar-refractivity contribution < 1.29 is 20.1 Å². The van der Waals surface area contributed by atoms with Crippen molar-refractivity contribution in [3.05, 3.63) is 162 Å². The molecule has 0 saturated carbocycles. The Bertz CT molecular complexity index is 1960. The molecule has 0 spiro atoms. The Kier molecular flexibility index (Phi) is 14.1. The minimum absolute atomic E-state index is 0. The molecule has 0 saturated heterocycles. The average Bonchev–Trinajstić information content (AvgIpc) is 3.08. The average molecular weight is 865 g/mol. The minimum atomic E-state index is -1.34. The van der Waals surface area contributed by atoms with Gasteiger partial charge in [-0.1, -0.05) is 149 Å². The smallest absolute Gasteiger partial charge is 0.0798 e. The first kappa shape index (κ1) is 39.8. The summed E-state index contributed by atoms with van der Waals surface area (Å²) in [6, 6.07) is 47.1. The molecule has 2 aromatic heterocycles. The number of pyridine rings is 2. The van der Waals surface area contributed by atoms with E-state index >= 15 is 0 Å². The van der Waals surface area contributed by atoms with E-state index in [-0.39, 0.29) is 25.5 Å². The van der Waals surface area contributed by atoms with Crippen LogP contribution in [-0.4, -0.2) is 18.0 Å². The summed E-state index contributed by atoms with van der Waals surface area (Å²) in [6.07, 6.45) is 7.07. The minimum Gasteiger partial charge on any atom is -0.305 e. The van der Waals surface area contributed by atoms with Gasteiger partial charge in [-0.15, -0.1) is 65.2 Å². The molecule has 0 N–H and O–H groups in total. The second-order valence-electron chi connectivity index (χ2n) is 16.0. The third-order valence-corrected chi connectivity index (χ3v) is 10.7. The van der Waals surface area contributed by atoms with Crippen LogP contribution in [0.5, 0.6) is 0 Å². The van der Waals surface area contributed by atoms with Gasteiger partial charge in [-0.25, -0.2) is 0 Å². The SMILES string of the molecule is CC(C)(C)Cc1ccnc(-c2[c-]cc(-c3ccccc3)c(Cc3ccccc3)c2)c1.CC(C)Cc1cc(-c2[c-]cccc2)ncc1[Si](C)(C)C.[Ir]. The standard InChI is InChI=1S/C29H28N.C18H24NSi.Ir/c1-29(2,3)21-23-16-17-30-28(19-23)25-14-15-27(24-12-8-5-9-13-24)26(20-25)18-22-10-6-4-7-11-22;1-14(2)11-16-12-17(15-9-7-6-8-10-15)19-13-18(16)20(3,4)5;/h4-13,15-17,19-20H,18,21H2,1-3H3;6-9,12-14H,11H2,1-5H3;/q2*-1;. The molecule has 0 aliphatic heterocycles. The monoisotopic (exact) mass is 865 g/mol. The molecule has 265 valence electrons. The zero-order valence-corrected chi connectivity index (χ0v) is 34.9. The number of nitrogens with zero attached hydrogens (tertiary/aromatic N) is 2. The number of hydrogen-bond acceptors (Lipinski definition) is 2. The predicted molar refractivity (Wildman–Crippen MR) is 216 cm³/mol. The van der Waals surface area contributed by atoms with Gasteiger partial charge in [-0.3, -0.25) is 0 Å². The van der Waals surface area contributed by atoms with E-state index in [1.165, 1.54) is 38.6 Å². The maximum absolute atomic E-state index is 4.69. The van der Waals surface area contributed by atoms with Crippen molar-refractivity contribution in [3.8, 4) is 33.6 Å². The van der Waals surface area contributed by atoms with Crippen molar-refractivity contribution >= 4 is 13.3 Å². The van der Waals surface area contributed by atoms with Crippen molar-refractivity contribution in [2.75, 3.05) is 0 Å². The molecule has 4 heteroatoms. The summed E-state index contributed by atoms with van der Waals surface area (Å²) in [5.41, 5.74) is 12.3. The molecule has 2 heterocycles. The molecule has 0 fully saturated rings. The van der Waals surface area contributed by atoms with E-state index in [1.54, 1.807) is 0 Å². The Labute approximate surface area is 322 Å². The molecule has 0 amide bonds.